The molecule has 1 fully saturated rings. The van der Waals surface area contributed by atoms with E-state index >= 15 is 0 Å². The minimum Gasteiger partial charge on any atom is -0.459 e. The van der Waals surface area contributed by atoms with Crippen LogP contribution in [0.3, 0.4) is 0 Å². The van der Waals surface area contributed by atoms with E-state index in [0.717, 1.165) is 5.69 Å². The lowest BCUT2D eigenvalue weighted by molar-refractivity contribution is -0.132. The molecule has 3 amide bonds. The molecule has 28 heavy (non-hydrogen) atoms. The summed E-state index contributed by atoms with van der Waals surface area (Å²) in [5.74, 6) is -0.118. The fraction of sp³-hybridized carbons (Fsp3) is 0.444. The minimum atomic E-state index is -0.360. The molecule has 0 radical (unpaired) electrons. The third-order valence-corrected chi connectivity index (χ3v) is 5.08. The van der Waals surface area contributed by atoms with E-state index < -0.39 is 0 Å². The molecule has 1 N–H and O–H groups in total. The van der Waals surface area contributed by atoms with Crippen LogP contribution in [0.25, 0.3) is 0 Å². The van der Waals surface area contributed by atoms with Gasteiger partial charge in [0.1, 0.15) is 0 Å². The molecule has 3 heterocycles. The van der Waals surface area contributed by atoms with Crippen LogP contribution in [0.15, 0.2) is 28.2 Å². The van der Waals surface area contributed by atoms with Crippen molar-refractivity contribution in [2.24, 2.45) is 0 Å². The van der Waals surface area contributed by atoms with E-state index in [4.69, 9.17) is 9.15 Å². The Morgan fingerprint density at radius 3 is 2.68 bits per heavy atom. The second-order valence-corrected chi connectivity index (χ2v) is 7.00. The first kappa shape index (κ1) is 19.9. The van der Waals surface area contributed by atoms with Gasteiger partial charge in [0.25, 0.3) is 5.91 Å². The molecule has 0 aromatic carbocycles. The number of anilines is 1. The van der Waals surface area contributed by atoms with Crippen molar-refractivity contribution in [2.45, 2.75) is 19.8 Å². The molecule has 0 bridgehead atoms. The van der Waals surface area contributed by atoms with Gasteiger partial charge < -0.3 is 19.0 Å². The van der Waals surface area contributed by atoms with Gasteiger partial charge in [-0.3, -0.25) is 14.9 Å². The first-order valence-corrected chi connectivity index (χ1v) is 9.93. The maximum absolute atomic E-state index is 12.4. The van der Waals surface area contributed by atoms with E-state index in [-0.39, 0.29) is 23.7 Å². The number of hydrogen-bond donors (Lipinski definition) is 1. The number of nitrogens with zero attached hydrogens (tertiary/aromatic N) is 3. The fourth-order valence-corrected chi connectivity index (χ4v) is 3.53. The van der Waals surface area contributed by atoms with Crippen LogP contribution < -0.4 is 5.32 Å². The summed E-state index contributed by atoms with van der Waals surface area (Å²) in [6, 6.07) is 3.21. The fourth-order valence-electron chi connectivity index (χ4n) is 2.79. The Labute approximate surface area is 166 Å². The number of hydrogen-bond acceptors (Lipinski definition) is 7. The maximum Gasteiger partial charge on any atom is 0.409 e. The number of aromatic nitrogens is 1. The van der Waals surface area contributed by atoms with Crippen LogP contribution in [0, 0.1) is 0 Å². The number of thiazole rings is 1. The molecular formula is C18H22N4O5S. The zero-order valence-corrected chi connectivity index (χ0v) is 16.4. The summed E-state index contributed by atoms with van der Waals surface area (Å²) in [4.78, 5) is 43.7. The second kappa shape index (κ2) is 9.36. The van der Waals surface area contributed by atoms with Crippen molar-refractivity contribution >= 4 is 34.4 Å². The molecule has 1 aliphatic rings. The van der Waals surface area contributed by atoms with Crippen LogP contribution in [-0.4, -0.2) is 65.5 Å². The molecule has 0 atom stereocenters. The van der Waals surface area contributed by atoms with Crippen molar-refractivity contribution in [1.82, 2.24) is 14.8 Å². The SMILES string of the molecule is CCOC(=O)N1CCN(C(=O)CCc2csc(NC(=O)c3ccco3)n2)CC1. The lowest BCUT2D eigenvalue weighted by atomic mass is 10.2. The summed E-state index contributed by atoms with van der Waals surface area (Å²) in [6.45, 7) is 4.06. The Morgan fingerprint density at radius 1 is 1.25 bits per heavy atom. The van der Waals surface area contributed by atoms with Gasteiger partial charge in [-0.2, -0.15) is 0 Å². The standard InChI is InChI=1S/C18H22N4O5S/c1-2-26-18(25)22-9-7-21(8-10-22)15(23)6-5-13-12-28-17(19-13)20-16(24)14-4-3-11-27-14/h3-4,11-12H,2,5-10H2,1H3,(H,19,20,24). The van der Waals surface area contributed by atoms with Gasteiger partial charge in [0, 0.05) is 38.0 Å². The van der Waals surface area contributed by atoms with E-state index in [9.17, 15) is 14.4 Å². The number of amides is 3. The Bertz CT molecular complexity index is 812. The molecule has 9 nitrogen and oxygen atoms in total. The molecule has 150 valence electrons. The van der Waals surface area contributed by atoms with E-state index in [1.54, 1.807) is 28.9 Å². The molecule has 3 rings (SSSR count). The highest BCUT2D eigenvalue weighted by molar-refractivity contribution is 7.13. The highest BCUT2D eigenvalue weighted by Crippen LogP contribution is 2.18. The van der Waals surface area contributed by atoms with Crippen molar-refractivity contribution in [3.05, 3.63) is 35.2 Å². The van der Waals surface area contributed by atoms with E-state index in [1.165, 1.54) is 17.6 Å². The van der Waals surface area contributed by atoms with E-state index in [0.29, 0.717) is 50.8 Å². The van der Waals surface area contributed by atoms with Crippen molar-refractivity contribution in [1.29, 1.82) is 0 Å². The Kier molecular flexibility index (Phi) is 6.64. The minimum absolute atomic E-state index is 0.0256. The van der Waals surface area contributed by atoms with Gasteiger partial charge in [-0.25, -0.2) is 9.78 Å². The molecule has 0 aliphatic carbocycles. The molecular weight excluding hydrogens is 384 g/mol. The molecule has 0 unspecified atom stereocenters. The third kappa shape index (κ3) is 5.10. The summed E-state index contributed by atoms with van der Waals surface area (Å²) in [5, 5.41) is 4.96. The maximum atomic E-state index is 12.4. The summed E-state index contributed by atoms with van der Waals surface area (Å²) in [7, 11) is 0. The first-order valence-electron chi connectivity index (χ1n) is 9.05. The van der Waals surface area contributed by atoms with Gasteiger partial charge in [-0.1, -0.05) is 0 Å². The summed E-state index contributed by atoms with van der Waals surface area (Å²) in [6.07, 6.45) is 1.92. The number of carbonyl (C=O) groups excluding carboxylic acids is 3. The van der Waals surface area contributed by atoms with E-state index in [1.807, 2.05) is 5.38 Å². The number of furan rings is 1. The van der Waals surface area contributed by atoms with Crippen molar-refractivity contribution in [3.8, 4) is 0 Å². The lowest BCUT2D eigenvalue weighted by Gasteiger charge is -2.34. The monoisotopic (exact) mass is 406 g/mol. The predicted octanol–water partition coefficient (Wildman–Crippen LogP) is 2.22. The number of aryl methyl sites for hydroxylation is 1. The van der Waals surface area contributed by atoms with Crippen LogP contribution in [0.1, 0.15) is 29.6 Å². The largest absolute Gasteiger partial charge is 0.459 e. The van der Waals surface area contributed by atoms with Crippen molar-refractivity contribution in [3.63, 3.8) is 0 Å². The molecule has 0 saturated carbocycles. The number of piperazine rings is 1. The lowest BCUT2D eigenvalue weighted by Crippen LogP contribution is -2.50. The van der Waals surface area contributed by atoms with Crippen LogP contribution in [0.4, 0.5) is 9.93 Å². The third-order valence-electron chi connectivity index (χ3n) is 4.27. The van der Waals surface area contributed by atoms with Gasteiger partial charge in [-0.15, -0.1) is 11.3 Å². The molecule has 2 aromatic rings. The van der Waals surface area contributed by atoms with Crippen LogP contribution in [0.5, 0.6) is 0 Å². The number of carbonyl (C=O) groups is 3. The van der Waals surface area contributed by atoms with E-state index in [2.05, 4.69) is 10.3 Å². The summed E-state index contributed by atoms with van der Waals surface area (Å²) in [5.41, 5.74) is 0.748. The average molecular weight is 406 g/mol. The van der Waals surface area contributed by atoms with Crippen LogP contribution >= 0.6 is 11.3 Å². The Hall–Kier alpha value is -2.88. The second-order valence-electron chi connectivity index (χ2n) is 6.14. The van der Waals surface area contributed by atoms with Crippen LogP contribution in [-0.2, 0) is 16.0 Å². The van der Waals surface area contributed by atoms with Crippen molar-refractivity contribution < 1.29 is 23.5 Å². The number of ether oxygens (including phenoxy) is 1. The number of rotatable bonds is 6. The molecule has 10 heteroatoms. The molecule has 1 saturated heterocycles. The normalized spacial score (nSPS) is 14.0. The highest BCUT2D eigenvalue weighted by atomic mass is 32.1. The van der Waals surface area contributed by atoms with Crippen LogP contribution in [0.2, 0.25) is 0 Å². The zero-order chi connectivity index (χ0) is 19.9. The summed E-state index contributed by atoms with van der Waals surface area (Å²) >= 11 is 1.30. The predicted molar refractivity (Wildman–Crippen MR) is 102 cm³/mol. The van der Waals surface area contributed by atoms with Gasteiger partial charge in [-0.05, 0) is 25.5 Å². The number of nitrogens with one attached hydrogen (secondary N) is 1. The average Bonchev–Trinajstić information content (AvgIpc) is 3.38. The smallest absolute Gasteiger partial charge is 0.409 e. The molecule has 0 spiro atoms. The zero-order valence-electron chi connectivity index (χ0n) is 15.6. The summed E-state index contributed by atoms with van der Waals surface area (Å²) < 4.78 is 10.0. The Morgan fingerprint density at radius 2 is 2.00 bits per heavy atom. The Balaban J connectivity index is 1.42. The van der Waals surface area contributed by atoms with Gasteiger partial charge in [0.2, 0.25) is 5.91 Å². The quantitative estimate of drug-likeness (QED) is 0.789. The molecule has 2 aromatic heterocycles. The highest BCUT2D eigenvalue weighted by Gasteiger charge is 2.24. The first-order chi connectivity index (χ1) is 13.6. The molecule has 1 aliphatic heterocycles. The topological polar surface area (TPSA) is 105 Å². The van der Waals surface area contributed by atoms with Gasteiger partial charge in [0.05, 0.1) is 18.6 Å². The van der Waals surface area contributed by atoms with Gasteiger partial charge in [0.15, 0.2) is 10.9 Å². The van der Waals surface area contributed by atoms with Gasteiger partial charge >= 0.3 is 6.09 Å². The van der Waals surface area contributed by atoms with Crippen molar-refractivity contribution in [2.75, 3.05) is 38.1 Å².